The summed E-state index contributed by atoms with van der Waals surface area (Å²) in [5.41, 5.74) is 5.07. The number of carbonyl (C=O) groups is 2. The molecule has 5 rings (SSSR count). The molecular formula is C26H29ClN4O3S. The van der Waals surface area contributed by atoms with Gasteiger partial charge in [0.1, 0.15) is 6.54 Å². The maximum absolute atomic E-state index is 12.4. The number of ether oxygens (including phenoxy) is 1. The third kappa shape index (κ3) is 4.80. The van der Waals surface area contributed by atoms with Gasteiger partial charge < -0.3 is 15.0 Å². The van der Waals surface area contributed by atoms with E-state index >= 15 is 0 Å². The Bertz CT molecular complexity index is 1320. The number of nitrogens with zero attached hydrogens (tertiary/aromatic N) is 3. The van der Waals surface area contributed by atoms with Crippen LogP contribution in [0.15, 0.2) is 30.5 Å². The molecule has 2 aliphatic heterocycles. The van der Waals surface area contributed by atoms with Crippen LogP contribution in [0.25, 0.3) is 21.3 Å². The summed E-state index contributed by atoms with van der Waals surface area (Å²) in [6, 6.07) is 7.73. The number of fused-ring (bicyclic) bond motifs is 1. The Kier molecular flexibility index (Phi) is 6.34. The lowest BCUT2D eigenvalue weighted by Crippen LogP contribution is -2.51. The van der Waals surface area contributed by atoms with Crippen molar-refractivity contribution in [3.05, 3.63) is 51.5 Å². The van der Waals surface area contributed by atoms with Gasteiger partial charge in [-0.3, -0.25) is 14.7 Å². The van der Waals surface area contributed by atoms with E-state index in [9.17, 15) is 9.59 Å². The highest BCUT2D eigenvalue weighted by Crippen LogP contribution is 2.39. The van der Waals surface area contributed by atoms with Crippen LogP contribution in [-0.4, -0.2) is 65.1 Å². The van der Waals surface area contributed by atoms with Crippen LogP contribution in [0.2, 0.25) is 5.02 Å². The molecule has 184 valence electrons. The molecule has 0 bridgehead atoms. The highest BCUT2D eigenvalue weighted by atomic mass is 35.5. The van der Waals surface area contributed by atoms with Gasteiger partial charge in [-0.05, 0) is 61.7 Å². The maximum Gasteiger partial charge on any atom is 0.327 e. The molecule has 0 spiro atoms. The summed E-state index contributed by atoms with van der Waals surface area (Å²) in [5.74, 6) is -0.181. The monoisotopic (exact) mass is 512 g/mol. The highest BCUT2D eigenvalue weighted by Gasteiger charge is 2.34. The van der Waals surface area contributed by atoms with Gasteiger partial charge in [0.05, 0.1) is 28.5 Å². The topological polar surface area (TPSA) is 74.8 Å². The molecule has 1 atom stereocenters. The zero-order valence-electron chi connectivity index (χ0n) is 20.4. The summed E-state index contributed by atoms with van der Waals surface area (Å²) in [7, 11) is 1.64. The van der Waals surface area contributed by atoms with Crippen LogP contribution in [0.4, 0.5) is 4.79 Å². The lowest BCUT2D eigenvalue weighted by atomic mass is 9.91. The van der Waals surface area contributed by atoms with Crippen LogP contribution in [0, 0.1) is 6.92 Å². The van der Waals surface area contributed by atoms with Crippen molar-refractivity contribution in [2.24, 2.45) is 0 Å². The van der Waals surface area contributed by atoms with E-state index in [-0.39, 0.29) is 36.7 Å². The molecule has 2 aliphatic rings. The third-order valence-electron chi connectivity index (χ3n) is 6.58. The van der Waals surface area contributed by atoms with E-state index in [2.05, 4.69) is 31.1 Å². The Balaban J connectivity index is 1.53. The van der Waals surface area contributed by atoms with E-state index in [1.807, 2.05) is 24.3 Å². The lowest BCUT2D eigenvalue weighted by molar-refractivity contribution is -0.125. The predicted molar refractivity (Wildman–Crippen MR) is 139 cm³/mol. The number of hydrogen-bond donors (Lipinski definition) is 1. The Morgan fingerprint density at radius 3 is 2.77 bits per heavy atom. The molecule has 2 saturated heterocycles. The standard InChI is InChI=1S/C26H29ClN4O3S/c1-15-7-16(27)8-21(20(15)9-17-11-28-14-26(2,3)34-17)19-5-6-29-22-10-18(35-24(19)22)12-31-23(32)13-30(4)25(31)33/h5-8,10,17,28H,9,11-14H2,1-4H3. The second kappa shape index (κ2) is 9.17. The fourth-order valence-corrected chi connectivity index (χ4v) is 6.36. The molecule has 2 fully saturated rings. The first-order valence-electron chi connectivity index (χ1n) is 11.7. The molecule has 1 unspecified atom stereocenters. The molecule has 0 radical (unpaired) electrons. The molecule has 0 aliphatic carbocycles. The molecule has 9 heteroatoms. The fourth-order valence-electron chi connectivity index (χ4n) is 4.95. The Morgan fingerprint density at radius 2 is 2.06 bits per heavy atom. The van der Waals surface area contributed by atoms with Crippen molar-refractivity contribution < 1.29 is 14.3 Å². The predicted octanol–water partition coefficient (Wildman–Crippen LogP) is 4.63. The van der Waals surface area contributed by atoms with Crippen molar-refractivity contribution in [2.45, 2.75) is 45.4 Å². The average molecular weight is 513 g/mol. The van der Waals surface area contributed by atoms with Gasteiger partial charge in [0.15, 0.2) is 0 Å². The summed E-state index contributed by atoms with van der Waals surface area (Å²) in [4.78, 5) is 32.9. The third-order valence-corrected chi connectivity index (χ3v) is 7.94. The van der Waals surface area contributed by atoms with Gasteiger partial charge in [-0.25, -0.2) is 4.79 Å². The number of halogens is 1. The molecular weight excluding hydrogens is 484 g/mol. The summed E-state index contributed by atoms with van der Waals surface area (Å²) >= 11 is 8.10. The van der Waals surface area contributed by atoms with Gasteiger partial charge in [-0.1, -0.05) is 11.6 Å². The minimum atomic E-state index is -0.266. The van der Waals surface area contributed by atoms with E-state index in [0.29, 0.717) is 5.02 Å². The number of morpholine rings is 1. The van der Waals surface area contributed by atoms with E-state index in [4.69, 9.17) is 16.3 Å². The quantitative estimate of drug-likeness (QED) is 0.504. The molecule has 2 aromatic heterocycles. The summed E-state index contributed by atoms with van der Waals surface area (Å²) < 4.78 is 7.38. The van der Waals surface area contributed by atoms with Crippen molar-refractivity contribution in [1.29, 1.82) is 0 Å². The number of amides is 3. The maximum atomic E-state index is 12.4. The molecule has 0 saturated carbocycles. The lowest BCUT2D eigenvalue weighted by Gasteiger charge is -2.37. The number of rotatable bonds is 5. The van der Waals surface area contributed by atoms with Crippen molar-refractivity contribution in [1.82, 2.24) is 20.1 Å². The number of hydrogen-bond acceptors (Lipinski definition) is 6. The zero-order valence-corrected chi connectivity index (χ0v) is 21.9. The molecule has 35 heavy (non-hydrogen) atoms. The van der Waals surface area contributed by atoms with Crippen LogP contribution in [-0.2, 0) is 22.5 Å². The van der Waals surface area contributed by atoms with Gasteiger partial charge in [0.25, 0.3) is 5.91 Å². The SMILES string of the molecule is Cc1cc(Cl)cc(-c2ccnc3cc(CN4C(=O)CN(C)C4=O)sc23)c1CC1CNCC(C)(C)O1. The fraction of sp³-hybridized carbons (Fsp3) is 0.423. The first-order valence-corrected chi connectivity index (χ1v) is 12.9. The highest BCUT2D eigenvalue weighted by molar-refractivity contribution is 7.19. The van der Waals surface area contributed by atoms with Crippen LogP contribution in [0.1, 0.15) is 29.9 Å². The van der Waals surface area contributed by atoms with Gasteiger partial charge in [-0.2, -0.15) is 0 Å². The number of imide groups is 1. The smallest absolute Gasteiger partial charge is 0.327 e. The van der Waals surface area contributed by atoms with Crippen LogP contribution in [0.3, 0.4) is 0 Å². The number of pyridine rings is 1. The number of aryl methyl sites for hydroxylation is 1. The van der Waals surface area contributed by atoms with Crippen LogP contribution >= 0.6 is 22.9 Å². The normalized spacial score (nSPS) is 20.3. The molecule has 4 heterocycles. The average Bonchev–Trinajstić information content (AvgIpc) is 3.30. The first-order chi connectivity index (χ1) is 16.6. The second-order valence-corrected chi connectivity index (χ2v) is 11.6. The molecule has 1 aromatic carbocycles. The number of likely N-dealkylation sites (N-methyl/N-ethyl adjacent to an activating group) is 1. The number of thiophene rings is 1. The summed E-state index contributed by atoms with van der Waals surface area (Å²) in [6.07, 6.45) is 2.62. The van der Waals surface area contributed by atoms with Crippen LogP contribution < -0.4 is 5.32 Å². The Hall–Kier alpha value is -2.52. The molecule has 1 N–H and O–H groups in total. The number of aromatic nitrogens is 1. The number of carbonyl (C=O) groups excluding carboxylic acids is 2. The van der Waals surface area contributed by atoms with E-state index < -0.39 is 0 Å². The number of benzene rings is 1. The van der Waals surface area contributed by atoms with Crippen molar-refractivity contribution in [2.75, 3.05) is 26.7 Å². The molecule has 7 nitrogen and oxygen atoms in total. The Morgan fingerprint density at radius 1 is 1.26 bits per heavy atom. The van der Waals surface area contributed by atoms with Gasteiger partial charge in [0, 0.05) is 48.2 Å². The first kappa shape index (κ1) is 24.2. The van der Waals surface area contributed by atoms with Gasteiger partial charge >= 0.3 is 6.03 Å². The minimum Gasteiger partial charge on any atom is -0.369 e. The Labute approximate surface area is 214 Å². The minimum absolute atomic E-state index is 0.0535. The number of nitrogens with one attached hydrogen (secondary N) is 1. The van der Waals surface area contributed by atoms with E-state index in [1.54, 1.807) is 24.6 Å². The van der Waals surface area contributed by atoms with Crippen molar-refractivity contribution in [3.8, 4) is 11.1 Å². The van der Waals surface area contributed by atoms with Crippen molar-refractivity contribution in [3.63, 3.8) is 0 Å². The van der Waals surface area contributed by atoms with Crippen molar-refractivity contribution >= 4 is 45.1 Å². The van der Waals surface area contributed by atoms with Gasteiger partial charge in [-0.15, -0.1) is 11.3 Å². The molecule has 3 amide bonds. The van der Waals surface area contributed by atoms with E-state index in [1.165, 1.54) is 15.4 Å². The summed E-state index contributed by atoms with van der Waals surface area (Å²) in [6.45, 7) is 8.30. The largest absolute Gasteiger partial charge is 0.369 e. The van der Waals surface area contributed by atoms with E-state index in [0.717, 1.165) is 51.3 Å². The summed E-state index contributed by atoms with van der Waals surface area (Å²) in [5, 5.41) is 4.17. The number of urea groups is 1. The zero-order chi connectivity index (χ0) is 24.9. The van der Waals surface area contributed by atoms with Crippen LogP contribution in [0.5, 0.6) is 0 Å². The van der Waals surface area contributed by atoms with Gasteiger partial charge in [0.2, 0.25) is 0 Å². The second-order valence-electron chi connectivity index (χ2n) is 9.99. The molecule has 3 aromatic rings.